The first-order valence-corrected chi connectivity index (χ1v) is 15.4. The number of carbonyl (C=O) groups is 2. The summed E-state index contributed by atoms with van der Waals surface area (Å²) in [5.41, 5.74) is 0.664. The number of hydrogen-bond acceptors (Lipinski definition) is 6. The second-order valence-electron chi connectivity index (χ2n) is 11.4. The summed E-state index contributed by atoms with van der Waals surface area (Å²) in [5.74, 6) is -0.738. The van der Waals surface area contributed by atoms with Crippen molar-refractivity contribution in [2.24, 2.45) is 5.92 Å². The van der Waals surface area contributed by atoms with Crippen molar-refractivity contribution >= 4 is 30.6 Å². The fourth-order valence-corrected chi connectivity index (χ4v) is 10.3. The van der Waals surface area contributed by atoms with E-state index in [-0.39, 0.29) is 11.0 Å². The lowest BCUT2D eigenvalue weighted by Crippen LogP contribution is -2.66. The minimum atomic E-state index is -2.72. The molecule has 0 aromatic heterocycles. The smallest absolute Gasteiger partial charge is 0.335 e. The van der Waals surface area contributed by atoms with Crippen molar-refractivity contribution in [1.82, 2.24) is 0 Å². The van der Waals surface area contributed by atoms with Gasteiger partial charge in [-0.25, -0.2) is 4.79 Å². The highest BCUT2D eigenvalue weighted by Gasteiger charge is 2.52. The van der Waals surface area contributed by atoms with E-state index in [4.69, 9.17) is 18.6 Å². The number of benzene rings is 2. The molecule has 0 bridgehead atoms. The van der Waals surface area contributed by atoms with Crippen LogP contribution in [0.2, 0.25) is 5.04 Å². The van der Waals surface area contributed by atoms with Crippen molar-refractivity contribution < 1.29 is 28.2 Å². The fourth-order valence-electron chi connectivity index (χ4n) is 5.71. The molecular weight excluding hydrogens is 520 g/mol. The molecule has 0 amide bonds. The lowest BCUT2D eigenvalue weighted by Gasteiger charge is -2.43. The van der Waals surface area contributed by atoms with Gasteiger partial charge in [0.05, 0.1) is 26.1 Å². The van der Waals surface area contributed by atoms with Crippen LogP contribution >= 0.6 is 0 Å². The molecule has 1 spiro atoms. The van der Waals surface area contributed by atoms with E-state index in [2.05, 4.69) is 75.4 Å². The molecule has 7 heteroatoms. The van der Waals surface area contributed by atoms with Gasteiger partial charge >= 0.3 is 11.9 Å². The van der Waals surface area contributed by atoms with Crippen molar-refractivity contribution in [3.63, 3.8) is 0 Å². The highest BCUT2D eigenvalue weighted by molar-refractivity contribution is 6.99. The van der Waals surface area contributed by atoms with Gasteiger partial charge < -0.3 is 18.6 Å². The van der Waals surface area contributed by atoms with Gasteiger partial charge in [0.2, 0.25) is 0 Å². The molecule has 40 heavy (non-hydrogen) atoms. The third kappa shape index (κ3) is 5.76. The number of hydrogen-bond donors (Lipinski definition) is 0. The zero-order valence-electron chi connectivity index (χ0n) is 24.1. The van der Waals surface area contributed by atoms with E-state index >= 15 is 0 Å². The van der Waals surface area contributed by atoms with Crippen molar-refractivity contribution in [3.05, 3.63) is 108 Å². The molecule has 0 N–H and O–H groups in total. The maximum absolute atomic E-state index is 12.4. The van der Waals surface area contributed by atoms with Crippen LogP contribution in [0.3, 0.4) is 0 Å². The average Bonchev–Trinajstić information content (AvgIpc) is 3.24. The summed E-state index contributed by atoms with van der Waals surface area (Å²) in [6.07, 6.45) is 9.03. The van der Waals surface area contributed by atoms with Crippen LogP contribution in [0.15, 0.2) is 108 Å². The van der Waals surface area contributed by atoms with E-state index in [1.165, 1.54) is 36.7 Å². The summed E-state index contributed by atoms with van der Waals surface area (Å²) in [6.45, 7) is 10.5. The van der Waals surface area contributed by atoms with E-state index in [0.29, 0.717) is 18.8 Å². The normalized spacial score (nSPS) is 22.3. The molecule has 0 unspecified atom stereocenters. The lowest BCUT2D eigenvalue weighted by atomic mass is 9.76. The Morgan fingerprint density at radius 3 is 2.17 bits per heavy atom. The van der Waals surface area contributed by atoms with Gasteiger partial charge in [0.25, 0.3) is 8.32 Å². The van der Waals surface area contributed by atoms with Crippen LogP contribution in [-0.2, 0) is 28.2 Å². The molecule has 6 nitrogen and oxygen atoms in total. The van der Waals surface area contributed by atoms with E-state index in [9.17, 15) is 9.59 Å². The van der Waals surface area contributed by atoms with Crippen molar-refractivity contribution in [2.75, 3.05) is 13.7 Å². The minimum Gasteiger partial charge on any atom is -0.497 e. The molecule has 0 radical (unpaired) electrons. The molecule has 4 rings (SSSR count). The van der Waals surface area contributed by atoms with Gasteiger partial charge in [-0.1, -0.05) is 105 Å². The predicted octanol–water partition coefficient (Wildman–Crippen LogP) is 5.36. The average molecular weight is 559 g/mol. The summed E-state index contributed by atoms with van der Waals surface area (Å²) in [4.78, 5) is 23.8. The van der Waals surface area contributed by atoms with Gasteiger partial charge in [0, 0.05) is 19.3 Å². The Balaban J connectivity index is 1.71. The van der Waals surface area contributed by atoms with Crippen molar-refractivity contribution in [1.29, 1.82) is 0 Å². The van der Waals surface area contributed by atoms with Gasteiger partial charge in [0.1, 0.15) is 5.76 Å². The van der Waals surface area contributed by atoms with Gasteiger partial charge in [-0.2, -0.15) is 0 Å². The number of esters is 2. The molecule has 2 aromatic rings. The zero-order valence-corrected chi connectivity index (χ0v) is 25.1. The molecule has 2 aliphatic rings. The van der Waals surface area contributed by atoms with Gasteiger partial charge in [-0.3, -0.25) is 4.79 Å². The van der Waals surface area contributed by atoms with Crippen LogP contribution in [0.25, 0.3) is 0 Å². The largest absolute Gasteiger partial charge is 0.497 e. The molecule has 210 valence electrons. The van der Waals surface area contributed by atoms with Crippen molar-refractivity contribution in [3.8, 4) is 0 Å². The van der Waals surface area contributed by atoms with Crippen LogP contribution in [0.5, 0.6) is 0 Å². The number of carbonyl (C=O) groups excluding carboxylic acids is 2. The predicted molar refractivity (Wildman–Crippen MR) is 158 cm³/mol. The first kappa shape index (κ1) is 29.3. The van der Waals surface area contributed by atoms with Crippen LogP contribution in [0, 0.1) is 5.92 Å². The number of methoxy groups -OCH3 is 1. The summed E-state index contributed by atoms with van der Waals surface area (Å²) in [5, 5.41) is 2.28. The Hall–Kier alpha value is -3.68. The first-order valence-electron chi connectivity index (χ1n) is 13.5. The molecule has 2 aromatic carbocycles. The van der Waals surface area contributed by atoms with Crippen LogP contribution in [0.4, 0.5) is 0 Å². The molecule has 1 heterocycles. The monoisotopic (exact) mass is 558 g/mol. The third-order valence-corrected chi connectivity index (χ3v) is 12.4. The number of ether oxygens (including phenoxy) is 3. The molecular formula is C33H38O6Si. The maximum Gasteiger partial charge on any atom is 0.335 e. The topological polar surface area (TPSA) is 71.1 Å². The molecule has 1 aliphatic carbocycles. The Labute approximate surface area is 238 Å². The third-order valence-electron chi connectivity index (χ3n) is 7.46. The highest BCUT2D eigenvalue weighted by atomic mass is 28.4. The maximum atomic E-state index is 12.4. The molecule has 0 saturated carbocycles. The molecule has 1 aliphatic heterocycles. The Morgan fingerprint density at radius 2 is 1.65 bits per heavy atom. The lowest BCUT2D eigenvalue weighted by molar-refractivity contribution is -0.150. The standard InChI is InChI=1S/C33H38O6Si/c1-24(19-27-18-17-26(23-37-25(2)34)21-33(27)30(36-6)20-31(35)39-33)22-38-40(32(3,4)5,28-13-9-7-10-14-28)29-15-11-8-12-16-29/h7-20,23,27H,21-22H2,1-6H3/b24-19+,26-23-/t27-,33-/m0/s1. The quantitative estimate of drug-likeness (QED) is 0.188. The minimum absolute atomic E-state index is 0.148. The summed E-state index contributed by atoms with van der Waals surface area (Å²) in [7, 11) is -1.19. The number of rotatable bonds is 8. The number of allylic oxidation sites excluding steroid dienone is 1. The van der Waals surface area contributed by atoms with Crippen LogP contribution in [-0.4, -0.2) is 39.6 Å². The van der Waals surface area contributed by atoms with E-state index < -0.39 is 25.9 Å². The molecule has 2 atom stereocenters. The van der Waals surface area contributed by atoms with Gasteiger partial charge in [0.15, 0.2) is 5.60 Å². The van der Waals surface area contributed by atoms with Gasteiger partial charge in [-0.05, 0) is 27.9 Å². The fraction of sp³-hybridized carbons (Fsp3) is 0.333. The first-order chi connectivity index (χ1) is 19.0. The Kier molecular flexibility index (Phi) is 8.66. The summed E-state index contributed by atoms with van der Waals surface area (Å²) in [6, 6.07) is 21.0. The van der Waals surface area contributed by atoms with E-state index in [1.807, 2.05) is 31.2 Å². The van der Waals surface area contributed by atoms with E-state index in [1.54, 1.807) is 0 Å². The van der Waals surface area contributed by atoms with Gasteiger partial charge in [-0.15, -0.1) is 0 Å². The second-order valence-corrected chi connectivity index (χ2v) is 15.7. The highest BCUT2D eigenvalue weighted by Crippen LogP contribution is 2.45. The zero-order chi connectivity index (χ0) is 29.0. The van der Waals surface area contributed by atoms with Crippen LogP contribution in [0.1, 0.15) is 41.0 Å². The van der Waals surface area contributed by atoms with Crippen molar-refractivity contribution in [2.45, 2.75) is 51.7 Å². The SMILES string of the molecule is COC1=CC(=O)O[C@]12C/C(=C\OC(C)=O)C=C[C@H]2/C=C(\C)CO[Si](c1ccccc1)(c1ccccc1)C(C)(C)C. The summed E-state index contributed by atoms with van der Waals surface area (Å²) >= 11 is 0. The van der Waals surface area contributed by atoms with Crippen LogP contribution < -0.4 is 10.4 Å². The second kappa shape index (κ2) is 11.8. The van der Waals surface area contributed by atoms with E-state index in [0.717, 1.165) is 11.1 Å². The molecule has 0 saturated heterocycles. The molecule has 0 fully saturated rings. The summed E-state index contributed by atoms with van der Waals surface area (Å²) < 4.78 is 23.8. The Morgan fingerprint density at radius 1 is 1.05 bits per heavy atom. The Bertz CT molecular complexity index is 1310.